The third-order valence-electron chi connectivity index (χ3n) is 3.90. The number of benzene rings is 1. The third kappa shape index (κ3) is 3.25. The number of hydrogen-bond acceptors (Lipinski definition) is 2. The molecule has 2 unspecified atom stereocenters. The van der Waals surface area contributed by atoms with Crippen molar-refractivity contribution in [1.29, 1.82) is 0 Å². The van der Waals surface area contributed by atoms with Gasteiger partial charge in [-0.2, -0.15) is 0 Å². The van der Waals surface area contributed by atoms with Gasteiger partial charge in [0.05, 0.1) is 18.6 Å². The molecule has 0 amide bonds. The molecule has 0 bridgehead atoms. The number of alkyl halides is 1. The Balaban J connectivity index is 2.11. The van der Waals surface area contributed by atoms with Gasteiger partial charge in [0.15, 0.2) is 5.79 Å². The molecule has 1 aromatic rings. The van der Waals surface area contributed by atoms with Crippen LogP contribution in [0.3, 0.4) is 0 Å². The van der Waals surface area contributed by atoms with Gasteiger partial charge in [0.1, 0.15) is 0 Å². The molecular formula is C15H20Cl2O2. The van der Waals surface area contributed by atoms with Gasteiger partial charge in [-0.05, 0) is 31.0 Å². The molecule has 0 radical (unpaired) electrons. The zero-order chi connectivity index (χ0) is 14.1. The highest BCUT2D eigenvalue weighted by molar-refractivity contribution is 6.30. The van der Waals surface area contributed by atoms with Crippen molar-refractivity contribution < 1.29 is 9.47 Å². The average molecular weight is 303 g/mol. The van der Waals surface area contributed by atoms with Gasteiger partial charge in [-0.3, -0.25) is 0 Å². The van der Waals surface area contributed by atoms with Crippen LogP contribution in [0.5, 0.6) is 0 Å². The summed E-state index contributed by atoms with van der Waals surface area (Å²) in [7, 11) is 0. The largest absolute Gasteiger partial charge is 0.347 e. The fourth-order valence-corrected chi connectivity index (χ4v) is 2.62. The molecule has 0 N–H and O–H groups in total. The number of rotatable bonds is 4. The van der Waals surface area contributed by atoms with Crippen molar-refractivity contribution >= 4 is 23.2 Å². The van der Waals surface area contributed by atoms with Gasteiger partial charge in [-0.1, -0.05) is 37.6 Å². The Labute approximate surface area is 125 Å². The first-order valence-electron chi connectivity index (χ1n) is 6.48. The van der Waals surface area contributed by atoms with Crippen LogP contribution in [0.25, 0.3) is 0 Å². The van der Waals surface area contributed by atoms with Crippen molar-refractivity contribution in [2.24, 2.45) is 5.41 Å². The number of ether oxygens (including phenoxy) is 2. The van der Waals surface area contributed by atoms with Crippen LogP contribution in [0.15, 0.2) is 24.3 Å². The molecule has 19 heavy (non-hydrogen) atoms. The van der Waals surface area contributed by atoms with Crippen LogP contribution in [-0.4, -0.2) is 24.4 Å². The highest BCUT2D eigenvalue weighted by Crippen LogP contribution is 2.42. The summed E-state index contributed by atoms with van der Waals surface area (Å²) < 4.78 is 11.9. The quantitative estimate of drug-likeness (QED) is 0.773. The topological polar surface area (TPSA) is 18.5 Å². The van der Waals surface area contributed by atoms with Gasteiger partial charge in [0, 0.05) is 10.4 Å². The third-order valence-corrected chi connectivity index (χ3v) is 4.49. The minimum absolute atomic E-state index is 0.0174. The van der Waals surface area contributed by atoms with Gasteiger partial charge < -0.3 is 9.47 Å². The monoisotopic (exact) mass is 302 g/mol. The molecule has 1 heterocycles. The van der Waals surface area contributed by atoms with Crippen molar-refractivity contribution in [3.63, 3.8) is 0 Å². The van der Waals surface area contributed by atoms with Gasteiger partial charge in [0.25, 0.3) is 0 Å². The maximum atomic E-state index is 5.98. The molecule has 0 aliphatic carbocycles. The first-order chi connectivity index (χ1) is 8.86. The zero-order valence-electron chi connectivity index (χ0n) is 11.6. The molecule has 2 atom stereocenters. The summed E-state index contributed by atoms with van der Waals surface area (Å²) in [4.78, 5) is 0. The highest BCUT2D eigenvalue weighted by Gasteiger charge is 2.48. The van der Waals surface area contributed by atoms with Crippen LogP contribution >= 0.6 is 23.2 Å². The Bertz CT molecular complexity index is 430. The Morgan fingerprint density at radius 2 is 1.95 bits per heavy atom. The molecule has 0 aromatic heterocycles. The van der Waals surface area contributed by atoms with E-state index in [4.69, 9.17) is 32.7 Å². The minimum atomic E-state index is -0.605. The molecule has 0 spiro atoms. The van der Waals surface area contributed by atoms with Crippen molar-refractivity contribution in [2.45, 2.75) is 39.1 Å². The van der Waals surface area contributed by atoms with E-state index in [1.807, 2.05) is 31.2 Å². The van der Waals surface area contributed by atoms with E-state index in [0.717, 1.165) is 11.4 Å². The smallest absolute Gasteiger partial charge is 0.171 e. The molecule has 106 valence electrons. The van der Waals surface area contributed by atoms with Crippen molar-refractivity contribution in [2.75, 3.05) is 12.5 Å². The minimum Gasteiger partial charge on any atom is -0.347 e. The summed E-state index contributed by atoms with van der Waals surface area (Å²) in [5, 5.41) is 0.753. The molecule has 2 nitrogen and oxygen atoms in total. The van der Waals surface area contributed by atoms with E-state index < -0.39 is 5.79 Å². The van der Waals surface area contributed by atoms with E-state index >= 15 is 0 Å². The van der Waals surface area contributed by atoms with Gasteiger partial charge in [-0.25, -0.2) is 0 Å². The van der Waals surface area contributed by atoms with Crippen molar-refractivity contribution in [1.82, 2.24) is 0 Å². The van der Waals surface area contributed by atoms with Gasteiger partial charge in [0.2, 0.25) is 0 Å². The van der Waals surface area contributed by atoms with Crippen LogP contribution in [0, 0.1) is 5.41 Å². The second kappa shape index (κ2) is 5.61. The van der Waals surface area contributed by atoms with E-state index in [1.54, 1.807) is 0 Å². The summed E-state index contributed by atoms with van der Waals surface area (Å²) in [6.45, 7) is 6.86. The van der Waals surface area contributed by atoms with E-state index in [9.17, 15) is 0 Å². The van der Waals surface area contributed by atoms with Crippen LogP contribution in [-0.2, 0) is 15.9 Å². The Hall–Kier alpha value is -0.280. The Morgan fingerprint density at radius 1 is 1.32 bits per heavy atom. The molecule has 4 heteroatoms. The second-order valence-corrected chi connectivity index (χ2v) is 6.58. The molecule has 1 aliphatic rings. The van der Waals surface area contributed by atoms with Crippen LogP contribution < -0.4 is 0 Å². The van der Waals surface area contributed by atoms with Crippen LogP contribution in [0.1, 0.15) is 26.3 Å². The maximum absolute atomic E-state index is 5.98. The first-order valence-corrected chi connectivity index (χ1v) is 7.40. The molecule has 0 saturated carbocycles. The second-order valence-electron chi connectivity index (χ2n) is 5.84. The molecular weight excluding hydrogens is 283 g/mol. The van der Waals surface area contributed by atoms with E-state index in [-0.39, 0.29) is 11.5 Å². The summed E-state index contributed by atoms with van der Waals surface area (Å²) >= 11 is 11.8. The zero-order valence-corrected chi connectivity index (χ0v) is 13.1. The highest BCUT2D eigenvalue weighted by atomic mass is 35.5. The number of hydrogen-bond donors (Lipinski definition) is 0. The summed E-state index contributed by atoms with van der Waals surface area (Å²) in [6, 6.07) is 7.91. The molecule has 1 aromatic carbocycles. The lowest BCUT2D eigenvalue weighted by Crippen LogP contribution is -2.45. The maximum Gasteiger partial charge on any atom is 0.171 e. The molecule has 2 rings (SSSR count). The van der Waals surface area contributed by atoms with E-state index in [2.05, 4.69) is 13.8 Å². The van der Waals surface area contributed by atoms with E-state index in [0.29, 0.717) is 12.5 Å². The Morgan fingerprint density at radius 3 is 2.47 bits per heavy atom. The molecule has 1 fully saturated rings. The fraction of sp³-hybridized carbons (Fsp3) is 0.600. The van der Waals surface area contributed by atoms with E-state index in [1.165, 1.54) is 5.56 Å². The average Bonchev–Trinajstić information content (AvgIpc) is 2.76. The number of halogens is 2. The normalized spacial score (nSPS) is 27.7. The lowest BCUT2D eigenvalue weighted by atomic mass is 9.78. The Kier molecular flexibility index (Phi) is 4.46. The fourth-order valence-electron chi connectivity index (χ4n) is 2.34. The summed E-state index contributed by atoms with van der Waals surface area (Å²) in [5.41, 5.74) is 1.07. The lowest BCUT2D eigenvalue weighted by Gasteiger charge is -2.40. The standard InChI is InChI=1S/C15H20Cl2O2/c1-14(2,8-11-4-6-12(17)7-5-11)15(3)18-10-13(9-16)19-15/h4-7,13H,8-10H2,1-3H3. The molecule has 1 aliphatic heterocycles. The van der Waals surface area contributed by atoms with Gasteiger partial charge >= 0.3 is 0 Å². The predicted molar refractivity (Wildman–Crippen MR) is 78.9 cm³/mol. The van der Waals surface area contributed by atoms with Crippen LogP contribution in [0.4, 0.5) is 0 Å². The van der Waals surface area contributed by atoms with Gasteiger partial charge in [-0.15, -0.1) is 11.6 Å². The molecule has 1 saturated heterocycles. The SMILES string of the molecule is CC(C)(Cc1ccc(Cl)cc1)C1(C)OCC(CCl)O1. The van der Waals surface area contributed by atoms with Crippen molar-refractivity contribution in [3.05, 3.63) is 34.9 Å². The predicted octanol–water partition coefficient (Wildman–Crippen LogP) is 4.28. The van der Waals surface area contributed by atoms with Crippen LogP contribution in [0.2, 0.25) is 5.02 Å². The first kappa shape index (κ1) is 15.1. The summed E-state index contributed by atoms with van der Waals surface area (Å²) in [5.74, 6) is -0.140. The lowest BCUT2D eigenvalue weighted by molar-refractivity contribution is -0.221. The summed E-state index contributed by atoms with van der Waals surface area (Å²) in [6.07, 6.45) is 0.839. The van der Waals surface area contributed by atoms with Crippen molar-refractivity contribution in [3.8, 4) is 0 Å².